The molecule has 2 heterocycles. The number of H-pyrrole nitrogens is 1. The van der Waals surface area contributed by atoms with Crippen LogP contribution in [0.2, 0.25) is 0 Å². The smallest absolute Gasteiger partial charge is 0.132 e. The van der Waals surface area contributed by atoms with E-state index < -0.39 is 0 Å². The van der Waals surface area contributed by atoms with Crippen LogP contribution in [0.5, 0.6) is 0 Å². The lowest BCUT2D eigenvalue weighted by Crippen LogP contribution is -2.22. The maximum atomic E-state index is 5.73. The SMILES string of the molecule is CCc1[nH]c(CC2CCCCO2)nc(=S)c1C. The molecule has 0 radical (unpaired) electrons. The lowest BCUT2D eigenvalue weighted by Gasteiger charge is -2.22. The zero-order valence-corrected chi connectivity index (χ0v) is 11.4. The highest BCUT2D eigenvalue weighted by atomic mass is 32.1. The summed E-state index contributed by atoms with van der Waals surface area (Å²) in [6.45, 7) is 5.05. The summed E-state index contributed by atoms with van der Waals surface area (Å²) in [7, 11) is 0. The van der Waals surface area contributed by atoms with E-state index in [1.54, 1.807) is 0 Å². The highest BCUT2D eigenvalue weighted by molar-refractivity contribution is 7.71. The molecule has 1 unspecified atom stereocenters. The Hall–Kier alpha value is -0.740. The van der Waals surface area contributed by atoms with E-state index in [-0.39, 0.29) is 0 Å². The van der Waals surface area contributed by atoms with Gasteiger partial charge in [0.05, 0.1) is 6.10 Å². The van der Waals surface area contributed by atoms with Gasteiger partial charge in [0.2, 0.25) is 0 Å². The van der Waals surface area contributed by atoms with Crippen LogP contribution >= 0.6 is 12.2 Å². The first-order valence-electron chi connectivity index (χ1n) is 6.41. The Bertz CT molecular complexity index is 436. The first-order chi connectivity index (χ1) is 8.20. The Morgan fingerprint density at radius 3 is 2.94 bits per heavy atom. The number of hydrogen-bond donors (Lipinski definition) is 1. The number of aryl methyl sites for hydroxylation is 1. The summed E-state index contributed by atoms with van der Waals surface area (Å²) in [5, 5.41) is 0. The Kier molecular flexibility index (Phi) is 4.29. The monoisotopic (exact) mass is 252 g/mol. The van der Waals surface area contributed by atoms with Crippen molar-refractivity contribution in [2.24, 2.45) is 0 Å². The van der Waals surface area contributed by atoms with Crippen molar-refractivity contribution in [2.45, 2.75) is 52.1 Å². The van der Waals surface area contributed by atoms with E-state index in [4.69, 9.17) is 17.0 Å². The predicted molar refractivity (Wildman–Crippen MR) is 70.8 cm³/mol. The third-order valence-corrected chi connectivity index (χ3v) is 3.75. The average Bonchev–Trinajstić information content (AvgIpc) is 2.35. The minimum atomic E-state index is 0.314. The molecule has 4 heteroatoms. The van der Waals surface area contributed by atoms with Crippen molar-refractivity contribution in [3.8, 4) is 0 Å². The molecule has 0 aromatic carbocycles. The summed E-state index contributed by atoms with van der Waals surface area (Å²) < 4.78 is 6.46. The molecule has 0 bridgehead atoms. The third-order valence-electron chi connectivity index (χ3n) is 3.35. The van der Waals surface area contributed by atoms with Crippen LogP contribution < -0.4 is 0 Å². The van der Waals surface area contributed by atoms with Gasteiger partial charge in [-0.15, -0.1) is 0 Å². The number of nitrogens with one attached hydrogen (secondary N) is 1. The molecule has 0 amide bonds. The van der Waals surface area contributed by atoms with Gasteiger partial charge >= 0.3 is 0 Å². The Morgan fingerprint density at radius 2 is 2.29 bits per heavy atom. The molecule has 1 saturated heterocycles. The van der Waals surface area contributed by atoms with Gasteiger partial charge < -0.3 is 9.72 Å². The summed E-state index contributed by atoms with van der Waals surface area (Å²) in [6, 6.07) is 0. The van der Waals surface area contributed by atoms with Gasteiger partial charge in [0.15, 0.2) is 0 Å². The second-order valence-electron chi connectivity index (χ2n) is 4.64. The minimum Gasteiger partial charge on any atom is -0.378 e. The van der Waals surface area contributed by atoms with E-state index in [2.05, 4.69) is 16.9 Å². The largest absolute Gasteiger partial charge is 0.378 e. The Balaban J connectivity index is 2.15. The van der Waals surface area contributed by atoms with Crippen LogP contribution in [0.4, 0.5) is 0 Å². The van der Waals surface area contributed by atoms with Crippen LogP contribution in [0.1, 0.15) is 43.3 Å². The number of rotatable bonds is 3. The lowest BCUT2D eigenvalue weighted by atomic mass is 10.1. The summed E-state index contributed by atoms with van der Waals surface area (Å²) in [4.78, 5) is 7.85. The molecular weight excluding hydrogens is 232 g/mol. The number of aromatic nitrogens is 2. The maximum absolute atomic E-state index is 5.73. The maximum Gasteiger partial charge on any atom is 0.132 e. The van der Waals surface area contributed by atoms with Crippen LogP contribution in [-0.4, -0.2) is 22.7 Å². The molecule has 2 rings (SSSR count). The molecule has 1 fully saturated rings. The third kappa shape index (κ3) is 3.13. The van der Waals surface area contributed by atoms with Gasteiger partial charge in [-0.25, -0.2) is 4.98 Å². The number of aromatic amines is 1. The topological polar surface area (TPSA) is 37.9 Å². The van der Waals surface area contributed by atoms with Crippen LogP contribution in [0.3, 0.4) is 0 Å². The van der Waals surface area contributed by atoms with E-state index in [1.165, 1.54) is 18.5 Å². The molecule has 3 nitrogen and oxygen atoms in total. The molecule has 1 aromatic heterocycles. The zero-order valence-electron chi connectivity index (χ0n) is 10.6. The van der Waals surface area contributed by atoms with E-state index in [9.17, 15) is 0 Å². The van der Waals surface area contributed by atoms with Crippen LogP contribution in [0.15, 0.2) is 0 Å². The molecule has 1 atom stereocenters. The summed E-state index contributed by atoms with van der Waals surface area (Å²) in [5.41, 5.74) is 2.31. The van der Waals surface area contributed by atoms with Gasteiger partial charge in [0.25, 0.3) is 0 Å². The Morgan fingerprint density at radius 1 is 1.47 bits per heavy atom. The number of ether oxygens (including phenoxy) is 1. The van der Waals surface area contributed by atoms with E-state index >= 15 is 0 Å². The second-order valence-corrected chi connectivity index (χ2v) is 5.03. The van der Waals surface area contributed by atoms with Gasteiger partial charge in [-0.3, -0.25) is 0 Å². The molecule has 1 aromatic rings. The van der Waals surface area contributed by atoms with Crippen molar-refractivity contribution >= 4 is 12.2 Å². The van der Waals surface area contributed by atoms with Crippen molar-refractivity contribution in [1.29, 1.82) is 0 Å². The molecule has 1 aliphatic rings. The van der Waals surface area contributed by atoms with E-state index in [0.29, 0.717) is 6.10 Å². The summed E-state index contributed by atoms with van der Waals surface area (Å²) in [5.74, 6) is 0.976. The molecule has 0 spiro atoms. The second kappa shape index (κ2) is 5.74. The van der Waals surface area contributed by atoms with Gasteiger partial charge in [-0.05, 0) is 32.6 Å². The van der Waals surface area contributed by atoms with Crippen molar-refractivity contribution in [3.63, 3.8) is 0 Å². The van der Waals surface area contributed by atoms with E-state index in [1.807, 2.05) is 6.92 Å². The highest BCUT2D eigenvalue weighted by Gasteiger charge is 2.16. The summed E-state index contributed by atoms with van der Waals surface area (Å²) >= 11 is 5.29. The van der Waals surface area contributed by atoms with Crippen molar-refractivity contribution in [2.75, 3.05) is 6.61 Å². The average molecular weight is 252 g/mol. The lowest BCUT2D eigenvalue weighted by molar-refractivity contribution is 0.0156. The predicted octanol–water partition coefficient (Wildman–Crippen LogP) is 3.12. The minimum absolute atomic E-state index is 0.314. The number of nitrogens with zero attached hydrogens (tertiary/aromatic N) is 1. The van der Waals surface area contributed by atoms with Gasteiger partial charge in [0.1, 0.15) is 10.5 Å². The van der Waals surface area contributed by atoms with Crippen molar-refractivity contribution in [3.05, 3.63) is 21.7 Å². The first-order valence-corrected chi connectivity index (χ1v) is 6.81. The zero-order chi connectivity index (χ0) is 12.3. The molecular formula is C13H20N2OS. The van der Waals surface area contributed by atoms with Crippen LogP contribution in [0.25, 0.3) is 0 Å². The molecule has 1 N–H and O–H groups in total. The quantitative estimate of drug-likeness (QED) is 0.840. The molecule has 0 saturated carbocycles. The van der Waals surface area contributed by atoms with Crippen LogP contribution in [-0.2, 0) is 17.6 Å². The summed E-state index contributed by atoms with van der Waals surface area (Å²) in [6.07, 6.45) is 5.73. The number of hydrogen-bond acceptors (Lipinski definition) is 3. The molecule has 94 valence electrons. The standard InChI is InChI=1S/C13H20N2OS/c1-3-11-9(2)13(17)15-12(14-11)8-10-6-4-5-7-16-10/h10H,3-8H2,1-2H3,(H,14,15,17). The fourth-order valence-electron chi connectivity index (χ4n) is 2.27. The molecule has 17 heavy (non-hydrogen) atoms. The van der Waals surface area contributed by atoms with Crippen molar-refractivity contribution in [1.82, 2.24) is 9.97 Å². The van der Waals surface area contributed by atoms with Crippen LogP contribution in [0, 0.1) is 11.6 Å². The molecule has 1 aliphatic heterocycles. The fourth-order valence-corrected chi connectivity index (χ4v) is 2.50. The highest BCUT2D eigenvalue weighted by Crippen LogP contribution is 2.16. The van der Waals surface area contributed by atoms with Gasteiger partial charge in [0, 0.05) is 24.3 Å². The van der Waals surface area contributed by atoms with Gasteiger partial charge in [-0.2, -0.15) is 0 Å². The normalized spacial score (nSPS) is 20.5. The fraction of sp³-hybridized carbons (Fsp3) is 0.692. The Labute approximate surface area is 108 Å². The van der Waals surface area contributed by atoms with Crippen molar-refractivity contribution < 1.29 is 4.74 Å². The first kappa shape index (κ1) is 12.7. The molecule has 0 aliphatic carbocycles. The van der Waals surface area contributed by atoms with Gasteiger partial charge in [-0.1, -0.05) is 19.1 Å². The van der Waals surface area contributed by atoms with E-state index in [0.717, 1.165) is 41.9 Å².